The summed E-state index contributed by atoms with van der Waals surface area (Å²) >= 11 is 0. The summed E-state index contributed by atoms with van der Waals surface area (Å²) in [5, 5.41) is 20.6. The highest BCUT2D eigenvalue weighted by molar-refractivity contribution is 6.05. The molecule has 2 aliphatic heterocycles. The number of esters is 4. The molecule has 8 bridgehead atoms. The fourth-order valence-electron chi connectivity index (χ4n) is 13.4. The number of allylic oxidation sites excluding steroid dienone is 6. The van der Waals surface area contributed by atoms with Crippen LogP contribution in [0.15, 0.2) is 48.6 Å². The van der Waals surface area contributed by atoms with Gasteiger partial charge < -0.3 is 24.5 Å². The molecule has 0 aromatic carbocycles. The zero-order valence-electron chi connectivity index (χ0n) is 29.0. The molecule has 272 valence electrons. The van der Waals surface area contributed by atoms with Crippen molar-refractivity contribution in [1.82, 2.24) is 0 Å². The Morgan fingerprint density at radius 1 is 0.784 bits per heavy atom. The van der Waals surface area contributed by atoms with Crippen molar-refractivity contribution in [3.63, 3.8) is 0 Å². The lowest BCUT2D eigenvalue weighted by Crippen LogP contribution is -2.53. The molecule has 15 atom stereocenters. The monoisotopic (exact) mass is 699 g/mol. The zero-order valence-corrected chi connectivity index (χ0v) is 29.0. The molecule has 13 unspecified atom stereocenters. The maximum Gasteiger partial charge on any atom is 0.338 e. The van der Waals surface area contributed by atoms with Gasteiger partial charge in [0.1, 0.15) is 0 Å². The van der Waals surface area contributed by atoms with Crippen LogP contribution < -0.4 is 5.11 Å². The molecule has 7 fully saturated rings. The van der Waals surface area contributed by atoms with E-state index in [1.807, 2.05) is 12.2 Å². The van der Waals surface area contributed by atoms with Crippen LogP contribution in [0, 0.1) is 87.8 Å². The van der Waals surface area contributed by atoms with E-state index in [0.29, 0.717) is 17.8 Å². The molecule has 0 amide bonds. The highest BCUT2D eigenvalue weighted by atomic mass is 16.6. The fraction of sp³-hybridized carbons (Fsp3) is 0.659. The summed E-state index contributed by atoms with van der Waals surface area (Å²) in [6.07, 6.45) is 28.2. The molecule has 9 aliphatic carbocycles. The summed E-state index contributed by atoms with van der Waals surface area (Å²) < 4.78 is 8.56. The number of hydrogen-bond acceptors (Lipinski definition) is 9. The van der Waals surface area contributed by atoms with Gasteiger partial charge in [0.15, 0.2) is 0 Å². The van der Waals surface area contributed by atoms with Gasteiger partial charge in [-0.2, -0.15) is 0 Å². The topological polar surface area (TPSA) is 164 Å². The van der Waals surface area contributed by atoms with Crippen molar-refractivity contribution in [2.24, 2.45) is 87.8 Å². The van der Waals surface area contributed by atoms with E-state index in [1.54, 1.807) is 0 Å². The maximum atomic E-state index is 11.9. The van der Waals surface area contributed by atoms with Crippen LogP contribution in [0.2, 0.25) is 0 Å². The van der Waals surface area contributed by atoms with E-state index in [0.717, 1.165) is 74.3 Å². The molecule has 10 heteroatoms. The van der Waals surface area contributed by atoms with Gasteiger partial charge in [0.25, 0.3) is 0 Å². The SMILES string of the molecule is CCC1(C23C=CC(CC2C(=O)[O-])C3)CC2CC1C1CCCC21.O=C(O)C1CC2C=CC1C2.O=C1C=CC(=O)O1.O=C1OC(=O)C2C1[C@@H]1C=C[C@H]2C1. The number of carboxylic acid groups (broad SMARTS) is 2. The molecule has 10 nitrogen and oxygen atoms in total. The number of cyclic esters (lactones) is 4. The van der Waals surface area contributed by atoms with E-state index in [1.165, 1.54) is 32.1 Å². The minimum Gasteiger partial charge on any atom is -0.550 e. The average molecular weight is 700 g/mol. The molecule has 1 saturated heterocycles. The Balaban J connectivity index is 0.000000108. The molecule has 2 heterocycles. The second-order valence-corrected chi connectivity index (χ2v) is 17.1. The van der Waals surface area contributed by atoms with Gasteiger partial charge >= 0.3 is 29.8 Å². The first kappa shape index (κ1) is 34.3. The zero-order chi connectivity index (χ0) is 35.8. The predicted octanol–water partition coefficient (Wildman–Crippen LogP) is 4.59. The van der Waals surface area contributed by atoms with Crippen molar-refractivity contribution in [2.75, 3.05) is 0 Å². The summed E-state index contributed by atoms with van der Waals surface area (Å²) in [4.78, 5) is 64.7. The summed E-state index contributed by atoms with van der Waals surface area (Å²) in [5.74, 6) is 1.81. The van der Waals surface area contributed by atoms with Crippen LogP contribution in [0.4, 0.5) is 0 Å². The molecule has 11 aliphatic rings. The van der Waals surface area contributed by atoms with E-state index in [4.69, 9.17) is 5.11 Å². The van der Waals surface area contributed by atoms with Crippen LogP contribution in [-0.4, -0.2) is 40.9 Å². The fourth-order valence-corrected chi connectivity index (χ4v) is 13.4. The van der Waals surface area contributed by atoms with Gasteiger partial charge in [-0.25, -0.2) is 9.59 Å². The second kappa shape index (κ2) is 12.7. The summed E-state index contributed by atoms with van der Waals surface area (Å²) in [6, 6.07) is 0. The second-order valence-electron chi connectivity index (χ2n) is 17.1. The van der Waals surface area contributed by atoms with Crippen LogP contribution >= 0.6 is 0 Å². The van der Waals surface area contributed by atoms with E-state index in [-0.39, 0.29) is 58.3 Å². The summed E-state index contributed by atoms with van der Waals surface area (Å²) in [6.45, 7) is 2.34. The van der Waals surface area contributed by atoms with Crippen molar-refractivity contribution < 1.29 is 48.5 Å². The van der Waals surface area contributed by atoms with E-state index < -0.39 is 23.9 Å². The minimum absolute atomic E-state index is 0.0712. The van der Waals surface area contributed by atoms with Crippen molar-refractivity contribution >= 4 is 35.8 Å². The van der Waals surface area contributed by atoms with Gasteiger partial charge in [0.2, 0.25) is 0 Å². The van der Waals surface area contributed by atoms with Gasteiger partial charge in [0, 0.05) is 29.5 Å². The molecule has 1 N–H and O–H groups in total. The van der Waals surface area contributed by atoms with Gasteiger partial charge in [-0.05, 0) is 123 Å². The molecule has 6 saturated carbocycles. The lowest BCUT2D eigenvalue weighted by Gasteiger charge is -2.55. The van der Waals surface area contributed by atoms with Crippen molar-refractivity contribution in [2.45, 2.75) is 77.6 Å². The molecule has 11 rings (SSSR count). The Morgan fingerprint density at radius 2 is 1.45 bits per heavy atom. The van der Waals surface area contributed by atoms with Crippen LogP contribution in [0.1, 0.15) is 77.6 Å². The van der Waals surface area contributed by atoms with Gasteiger partial charge in [-0.3, -0.25) is 14.4 Å². The highest BCUT2D eigenvalue weighted by Gasteiger charge is 2.70. The largest absolute Gasteiger partial charge is 0.550 e. The third-order valence-electron chi connectivity index (χ3n) is 15.3. The molecular formula is C41H47O10-. The first-order chi connectivity index (χ1) is 24.4. The van der Waals surface area contributed by atoms with Gasteiger partial charge in [-0.1, -0.05) is 49.8 Å². The molecule has 0 aromatic rings. The normalized spacial score (nSPS) is 47.0. The van der Waals surface area contributed by atoms with Crippen LogP contribution in [0.25, 0.3) is 0 Å². The van der Waals surface area contributed by atoms with Gasteiger partial charge in [-0.15, -0.1) is 0 Å². The first-order valence-electron chi connectivity index (χ1n) is 19.1. The van der Waals surface area contributed by atoms with Crippen molar-refractivity contribution in [3.8, 4) is 0 Å². The third kappa shape index (κ3) is 5.40. The van der Waals surface area contributed by atoms with Gasteiger partial charge in [0.05, 0.1) is 17.8 Å². The lowest BCUT2D eigenvalue weighted by molar-refractivity contribution is -0.316. The molecular weight excluding hydrogens is 652 g/mol. The Morgan fingerprint density at radius 3 is 1.96 bits per heavy atom. The number of rotatable bonds is 4. The number of carbonyl (C=O) groups excluding carboxylic acids is 5. The number of aliphatic carboxylic acids is 2. The van der Waals surface area contributed by atoms with Crippen molar-refractivity contribution in [1.29, 1.82) is 0 Å². The molecule has 0 aromatic heterocycles. The summed E-state index contributed by atoms with van der Waals surface area (Å²) in [7, 11) is 0. The average Bonchev–Trinajstić information content (AvgIpc) is 3.95. The first-order valence-corrected chi connectivity index (χ1v) is 19.1. The third-order valence-corrected chi connectivity index (χ3v) is 15.3. The van der Waals surface area contributed by atoms with Crippen LogP contribution in [0.5, 0.6) is 0 Å². The standard InChI is InChI=1S/C20H28O2.C9H8O3.C8H10O2.C4H2O3/c1-2-19(11-13-9-16(19)15-5-3-4-14(13)15)20-7-6-12(10-20)8-17(20)18(21)22;10-8-6-4-1-2-5(3-4)7(6)9(11)12-8;9-8(10)7-4-5-1-2-6(7)3-5;5-3-1-2-4(6)7-3/h6-7,12-17H,2-5,8-11H2,1H3,(H,21,22);1-2,4-7H,3H2;1-2,5-7H,3-4H2,(H,9,10);1-2H/p-1/t;4-,5+,6?,7?;;. The smallest absolute Gasteiger partial charge is 0.338 e. The molecule has 0 spiro atoms. The predicted molar refractivity (Wildman–Crippen MR) is 178 cm³/mol. The Kier molecular flexibility index (Phi) is 8.53. The van der Waals surface area contributed by atoms with Crippen LogP contribution in [-0.2, 0) is 38.2 Å². The van der Waals surface area contributed by atoms with Crippen molar-refractivity contribution in [3.05, 3.63) is 48.6 Å². The number of ether oxygens (including phenoxy) is 2. The number of fused-ring (bicyclic) bond motifs is 14. The minimum atomic E-state index is -0.773. The number of carbonyl (C=O) groups is 6. The Labute approximate surface area is 297 Å². The highest BCUT2D eigenvalue weighted by Crippen LogP contribution is 2.76. The van der Waals surface area contributed by atoms with E-state index in [2.05, 4.69) is 40.7 Å². The number of hydrogen-bond donors (Lipinski definition) is 1. The number of carboxylic acids is 2. The van der Waals surface area contributed by atoms with E-state index in [9.17, 15) is 33.9 Å². The Bertz CT molecular complexity index is 1610. The summed E-state index contributed by atoms with van der Waals surface area (Å²) in [5.41, 5.74) is 0.188. The maximum absolute atomic E-state index is 11.9. The molecule has 0 radical (unpaired) electrons. The molecule has 51 heavy (non-hydrogen) atoms. The van der Waals surface area contributed by atoms with Crippen LogP contribution in [0.3, 0.4) is 0 Å². The van der Waals surface area contributed by atoms with E-state index >= 15 is 0 Å². The lowest BCUT2D eigenvalue weighted by atomic mass is 9.49. The quantitative estimate of drug-likeness (QED) is 0.249. The Hall–Kier alpha value is -3.82.